The minimum absolute atomic E-state index is 0.0827. The third-order valence-electron chi connectivity index (χ3n) is 3.51. The Morgan fingerprint density at radius 1 is 1.35 bits per heavy atom. The summed E-state index contributed by atoms with van der Waals surface area (Å²) < 4.78 is 4.92. The molecule has 20 heavy (non-hydrogen) atoms. The molecular formula is C15H23NO4. The van der Waals surface area contributed by atoms with E-state index in [-0.39, 0.29) is 24.1 Å². The lowest BCUT2D eigenvalue weighted by molar-refractivity contribution is 0.0816. The number of benzene rings is 1. The fraction of sp³-hybridized carbons (Fsp3) is 0.533. The first kappa shape index (κ1) is 16.3. The van der Waals surface area contributed by atoms with E-state index in [4.69, 9.17) is 4.74 Å². The summed E-state index contributed by atoms with van der Waals surface area (Å²) in [7, 11) is 1.45. The Kier molecular flexibility index (Phi) is 6.31. The normalized spacial score (nSPS) is 12.2. The monoisotopic (exact) mass is 281 g/mol. The van der Waals surface area contributed by atoms with Crippen LogP contribution >= 0.6 is 0 Å². The molecule has 0 heterocycles. The highest BCUT2D eigenvalue weighted by molar-refractivity contribution is 5.94. The molecule has 0 aliphatic carbocycles. The van der Waals surface area contributed by atoms with Crippen molar-refractivity contribution in [3.05, 3.63) is 23.8 Å². The van der Waals surface area contributed by atoms with Crippen LogP contribution in [-0.4, -0.2) is 35.9 Å². The molecule has 0 saturated carbocycles. The number of carbonyl (C=O) groups excluding carboxylic acids is 1. The van der Waals surface area contributed by atoms with E-state index in [9.17, 15) is 15.0 Å². The average molecular weight is 281 g/mol. The number of methoxy groups -OCH3 is 1. The van der Waals surface area contributed by atoms with Crippen LogP contribution in [0.1, 0.15) is 37.0 Å². The number of aliphatic hydroxyl groups is 1. The Morgan fingerprint density at radius 2 is 2.00 bits per heavy atom. The number of carbonyl (C=O) groups is 1. The van der Waals surface area contributed by atoms with E-state index >= 15 is 0 Å². The van der Waals surface area contributed by atoms with Crippen molar-refractivity contribution >= 4 is 5.91 Å². The maximum absolute atomic E-state index is 11.9. The highest BCUT2D eigenvalue weighted by atomic mass is 16.5. The second-order valence-corrected chi connectivity index (χ2v) is 4.74. The summed E-state index contributed by atoms with van der Waals surface area (Å²) in [4.78, 5) is 11.9. The Morgan fingerprint density at radius 3 is 2.50 bits per heavy atom. The van der Waals surface area contributed by atoms with Gasteiger partial charge < -0.3 is 20.3 Å². The topological polar surface area (TPSA) is 78.8 Å². The lowest BCUT2D eigenvalue weighted by atomic mass is 9.96. The van der Waals surface area contributed by atoms with E-state index in [0.29, 0.717) is 11.3 Å². The molecule has 112 valence electrons. The number of nitrogens with one attached hydrogen (secondary N) is 1. The summed E-state index contributed by atoms with van der Waals surface area (Å²) in [6.07, 6.45) is 1.19. The minimum Gasteiger partial charge on any atom is -0.504 e. The first-order valence-electron chi connectivity index (χ1n) is 6.86. The lowest BCUT2D eigenvalue weighted by Crippen LogP contribution is -2.36. The molecule has 3 N–H and O–H groups in total. The molecule has 0 aliphatic rings. The zero-order valence-electron chi connectivity index (χ0n) is 12.2. The van der Waals surface area contributed by atoms with E-state index < -0.39 is 6.10 Å². The summed E-state index contributed by atoms with van der Waals surface area (Å²) in [6.45, 7) is 4.24. The molecule has 5 nitrogen and oxygen atoms in total. The highest BCUT2D eigenvalue weighted by Gasteiger charge is 2.17. The van der Waals surface area contributed by atoms with Gasteiger partial charge in [-0.2, -0.15) is 0 Å². The fourth-order valence-electron chi connectivity index (χ4n) is 2.13. The number of rotatable bonds is 7. The van der Waals surface area contributed by atoms with Gasteiger partial charge in [-0.15, -0.1) is 0 Å². The van der Waals surface area contributed by atoms with Crippen LogP contribution in [0.5, 0.6) is 11.5 Å². The molecular weight excluding hydrogens is 258 g/mol. The van der Waals surface area contributed by atoms with Crippen LogP contribution in [0.25, 0.3) is 0 Å². The second kappa shape index (κ2) is 7.75. The van der Waals surface area contributed by atoms with Gasteiger partial charge in [-0.1, -0.05) is 26.7 Å². The highest BCUT2D eigenvalue weighted by Crippen LogP contribution is 2.26. The predicted molar refractivity (Wildman–Crippen MR) is 77.1 cm³/mol. The van der Waals surface area contributed by atoms with Crippen LogP contribution in [0.4, 0.5) is 0 Å². The summed E-state index contributed by atoms with van der Waals surface area (Å²) in [6, 6.07) is 4.44. The maximum Gasteiger partial charge on any atom is 0.251 e. The third kappa shape index (κ3) is 4.13. The quantitative estimate of drug-likeness (QED) is 0.713. The van der Waals surface area contributed by atoms with Gasteiger partial charge in [0, 0.05) is 12.1 Å². The molecule has 0 aliphatic heterocycles. The van der Waals surface area contributed by atoms with E-state index in [2.05, 4.69) is 5.32 Å². The van der Waals surface area contributed by atoms with Crippen LogP contribution in [0, 0.1) is 5.92 Å². The molecule has 0 aromatic heterocycles. The van der Waals surface area contributed by atoms with Gasteiger partial charge in [0.05, 0.1) is 13.2 Å². The lowest BCUT2D eigenvalue weighted by Gasteiger charge is -2.20. The fourth-order valence-corrected chi connectivity index (χ4v) is 2.13. The molecule has 1 aromatic rings. The summed E-state index contributed by atoms with van der Waals surface area (Å²) in [5, 5.41) is 22.3. The number of ether oxygens (including phenoxy) is 1. The summed E-state index contributed by atoms with van der Waals surface area (Å²) in [5.41, 5.74) is 0.333. The van der Waals surface area contributed by atoms with Gasteiger partial charge in [0.1, 0.15) is 0 Å². The van der Waals surface area contributed by atoms with Crippen molar-refractivity contribution in [2.45, 2.75) is 32.8 Å². The number of hydrogen-bond acceptors (Lipinski definition) is 4. The van der Waals surface area contributed by atoms with E-state index in [1.807, 2.05) is 13.8 Å². The van der Waals surface area contributed by atoms with E-state index in [1.165, 1.54) is 19.2 Å². The summed E-state index contributed by atoms with van der Waals surface area (Å²) in [5.74, 6) is 0.0897. The van der Waals surface area contributed by atoms with Crippen molar-refractivity contribution in [3.63, 3.8) is 0 Å². The number of phenolic OH excluding ortho intramolecular Hbond substituents is 1. The first-order chi connectivity index (χ1) is 9.53. The molecule has 1 atom stereocenters. The van der Waals surface area contributed by atoms with Gasteiger partial charge in [-0.3, -0.25) is 4.79 Å². The van der Waals surface area contributed by atoms with E-state index in [0.717, 1.165) is 12.8 Å². The number of hydrogen-bond donors (Lipinski definition) is 3. The molecule has 0 spiro atoms. The molecule has 0 bridgehead atoms. The van der Waals surface area contributed by atoms with Crippen molar-refractivity contribution in [2.75, 3.05) is 13.7 Å². The van der Waals surface area contributed by atoms with Crippen molar-refractivity contribution in [3.8, 4) is 11.5 Å². The van der Waals surface area contributed by atoms with Crippen LogP contribution in [0.2, 0.25) is 0 Å². The predicted octanol–water partition coefficient (Wildman–Crippen LogP) is 1.93. The minimum atomic E-state index is -0.555. The maximum atomic E-state index is 11.9. The number of phenols is 1. The van der Waals surface area contributed by atoms with Crippen LogP contribution in [-0.2, 0) is 0 Å². The van der Waals surface area contributed by atoms with Crippen molar-refractivity contribution in [1.29, 1.82) is 0 Å². The average Bonchev–Trinajstić information content (AvgIpc) is 2.45. The molecule has 1 aromatic carbocycles. The standard InChI is InChI=1S/C15H23NO4/c1-4-10(5-2)13(18)9-16-15(19)11-6-7-14(20-3)12(17)8-11/h6-8,10,13,17-18H,4-5,9H2,1-3H3,(H,16,19). The van der Waals surface area contributed by atoms with Crippen molar-refractivity contribution < 1.29 is 19.7 Å². The van der Waals surface area contributed by atoms with Crippen molar-refractivity contribution in [1.82, 2.24) is 5.32 Å². The van der Waals surface area contributed by atoms with Gasteiger partial charge in [0.2, 0.25) is 0 Å². The zero-order chi connectivity index (χ0) is 15.1. The van der Waals surface area contributed by atoms with E-state index in [1.54, 1.807) is 6.07 Å². The summed E-state index contributed by atoms with van der Waals surface area (Å²) >= 11 is 0. The smallest absolute Gasteiger partial charge is 0.251 e. The molecule has 0 fully saturated rings. The number of aromatic hydroxyl groups is 1. The van der Waals surface area contributed by atoms with Crippen molar-refractivity contribution in [2.24, 2.45) is 5.92 Å². The van der Waals surface area contributed by atoms with Gasteiger partial charge in [0.25, 0.3) is 5.91 Å². The molecule has 1 unspecified atom stereocenters. The first-order valence-corrected chi connectivity index (χ1v) is 6.86. The van der Waals surface area contributed by atoms with Crippen LogP contribution in [0.3, 0.4) is 0 Å². The zero-order valence-corrected chi connectivity index (χ0v) is 12.2. The second-order valence-electron chi connectivity index (χ2n) is 4.74. The molecule has 0 radical (unpaired) electrons. The molecule has 0 saturated heterocycles. The van der Waals surface area contributed by atoms with Gasteiger partial charge in [0.15, 0.2) is 11.5 Å². The van der Waals surface area contributed by atoms with Gasteiger partial charge in [-0.25, -0.2) is 0 Å². The Labute approximate surface area is 119 Å². The van der Waals surface area contributed by atoms with Crippen LogP contribution in [0.15, 0.2) is 18.2 Å². The Bertz CT molecular complexity index is 443. The van der Waals surface area contributed by atoms with Crippen LogP contribution < -0.4 is 10.1 Å². The Hall–Kier alpha value is -1.75. The molecule has 1 amide bonds. The Balaban J connectivity index is 2.61. The molecule has 5 heteroatoms. The van der Waals surface area contributed by atoms with Gasteiger partial charge >= 0.3 is 0 Å². The largest absolute Gasteiger partial charge is 0.504 e. The number of amides is 1. The van der Waals surface area contributed by atoms with Gasteiger partial charge in [-0.05, 0) is 24.1 Å². The SMILES string of the molecule is CCC(CC)C(O)CNC(=O)c1ccc(OC)c(O)c1. The number of aliphatic hydroxyl groups excluding tert-OH is 1. The molecule has 1 rings (SSSR count). The third-order valence-corrected chi connectivity index (χ3v) is 3.51.